The molecule has 1 aliphatic rings. The van der Waals surface area contributed by atoms with E-state index in [9.17, 15) is 0 Å². The first-order chi connectivity index (χ1) is 3.93. The maximum Gasteiger partial charge on any atom is 0.0257 e. The Morgan fingerprint density at radius 1 is 1.38 bits per heavy atom. The van der Waals surface area contributed by atoms with Crippen LogP contribution in [0, 0.1) is 0 Å². The number of nitrogens with one attached hydrogen (secondary N) is 2. The summed E-state index contributed by atoms with van der Waals surface area (Å²) in [7, 11) is 1.89. The van der Waals surface area contributed by atoms with Gasteiger partial charge in [-0.25, -0.2) is 0 Å². The van der Waals surface area contributed by atoms with Gasteiger partial charge in [0.15, 0.2) is 0 Å². The maximum atomic E-state index is 3.21. The van der Waals surface area contributed by atoms with Gasteiger partial charge in [-0.3, -0.25) is 0 Å². The summed E-state index contributed by atoms with van der Waals surface area (Å²) in [5, 5.41) is 6.12. The van der Waals surface area contributed by atoms with Crippen molar-refractivity contribution in [2.24, 2.45) is 0 Å². The van der Waals surface area contributed by atoms with E-state index in [-0.39, 0.29) is 0 Å². The minimum Gasteiger partial charge on any atom is -0.393 e. The van der Waals surface area contributed by atoms with Gasteiger partial charge >= 0.3 is 0 Å². The fourth-order valence-electron chi connectivity index (χ4n) is 0.518. The molecule has 0 heterocycles. The molecule has 1 rings (SSSR count). The molecule has 2 N–H and O–H groups in total. The molecule has 0 atom stereocenters. The molecule has 1 saturated carbocycles. The third kappa shape index (κ3) is 1.87. The molecule has 2 nitrogen and oxygen atoms in total. The van der Waals surface area contributed by atoms with Crippen LogP contribution in [0.5, 0.6) is 0 Å². The van der Waals surface area contributed by atoms with E-state index in [4.69, 9.17) is 0 Å². The zero-order chi connectivity index (χ0) is 5.82. The van der Waals surface area contributed by atoms with Crippen LogP contribution in [0.2, 0.25) is 0 Å². The van der Waals surface area contributed by atoms with Crippen LogP contribution in [0.1, 0.15) is 12.8 Å². The van der Waals surface area contributed by atoms with Gasteiger partial charge in [0, 0.05) is 25.5 Å². The van der Waals surface area contributed by atoms with Gasteiger partial charge in [0.1, 0.15) is 0 Å². The SMILES string of the molecule is CNC=CNC1CC1. The zero-order valence-corrected chi connectivity index (χ0v) is 5.15. The molecule has 0 saturated heterocycles. The zero-order valence-electron chi connectivity index (χ0n) is 5.15. The van der Waals surface area contributed by atoms with E-state index in [0.717, 1.165) is 6.04 Å². The van der Waals surface area contributed by atoms with Crippen LogP contribution in [-0.4, -0.2) is 13.1 Å². The van der Waals surface area contributed by atoms with Crippen molar-refractivity contribution in [1.29, 1.82) is 0 Å². The van der Waals surface area contributed by atoms with Crippen LogP contribution >= 0.6 is 0 Å². The molecule has 0 radical (unpaired) electrons. The molecule has 0 bridgehead atoms. The van der Waals surface area contributed by atoms with Crippen LogP contribution in [0.25, 0.3) is 0 Å². The van der Waals surface area contributed by atoms with Crippen molar-refractivity contribution >= 4 is 0 Å². The van der Waals surface area contributed by atoms with E-state index in [1.165, 1.54) is 12.8 Å². The van der Waals surface area contributed by atoms with Crippen molar-refractivity contribution in [2.75, 3.05) is 7.05 Å². The summed E-state index contributed by atoms with van der Waals surface area (Å²) in [6, 6.07) is 0.777. The lowest BCUT2D eigenvalue weighted by molar-refractivity contribution is 0.852. The van der Waals surface area contributed by atoms with E-state index >= 15 is 0 Å². The largest absolute Gasteiger partial charge is 0.393 e. The lowest BCUT2D eigenvalue weighted by atomic mass is 10.7. The summed E-state index contributed by atoms with van der Waals surface area (Å²) >= 11 is 0. The summed E-state index contributed by atoms with van der Waals surface area (Å²) in [4.78, 5) is 0. The molecule has 0 spiro atoms. The summed E-state index contributed by atoms with van der Waals surface area (Å²) < 4.78 is 0. The van der Waals surface area contributed by atoms with Gasteiger partial charge in [0.25, 0.3) is 0 Å². The quantitative estimate of drug-likeness (QED) is 0.553. The highest BCUT2D eigenvalue weighted by molar-refractivity contribution is 4.88. The van der Waals surface area contributed by atoms with E-state index in [2.05, 4.69) is 10.6 Å². The number of rotatable bonds is 3. The van der Waals surface area contributed by atoms with Gasteiger partial charge in [-0.1, -0.05) is 0 Å². The molecule has 2 heteroatoms. The minimum atomic E-state index is 0.777. The molecule has 0 amide bonds. The normalized spacial score (nSPS) is 19.1. The Morgan fingerprint density at radius 2 is 2.12 bits per heavy atom. The average Bonchev–Trinajstić information content (AvgIpc) is 2.51. The number of hydrogen-bond donors (Lipinski definition) is 2. The smallest absolute Gasteiger partial charge is 0.0257 e. The Labute approximate surface area is 50.0 Å². The van der Waals surface area contributed by atoms with E-state index < -0.39 is 0 Å². The van der Waals surface area contributed by atoms with Crippen molar-refractivity contribution in [3.63, 3.8) is 0 Å². The van der Waals surface area contributed by atoms with E-state index in [1.54, 1.807) is 0 Å². The molecular weight excluding hydrogens is 100 g/mol. The fourth-order valence-corrected chi connectivity index (χ4v) is 0.518. The van der Waals surface area contributed by atoms with Gasteiger partial charge < -0.3 is 10.6 Å². The lowest BCUT2D eigenvalue weighted by Gasteiger charge is -1.91. The van der Waals surface area contributed by atoms with Crippen molar-refractivity contribution in [3.05, 3.63) is 12.4 Å². The van der Waals surface area contributed by atoms with Gasteiger partial charge in [-0.15, -0.1) is 0 Å². The van der Waals surface area contributed by atoms with Crippen molar-refractivity contribution < 1.29 is 0 Å². The summed E-state index contributed by atoms with van der Waals surface area (Å²) in [5.74, 6) is 0. The Bertz CT molecular complexity index is 84.5. The number of hydrogen-bond acceptors (Lipinski definition) is 2. The topological polar surface area (TPSA) is 24.1 Å². The van der Waals surface area contributed by atoms with E-state index in [0.29, 0.717) is 0 Å². The Kier molecular flexibility index (Phi) is 1.78. The molecule has 0 aromatic carbocycles. The molecular formula is C6H12N2. The van der Waals surface area contributed by atoms with Crippen LogP contribution in [-0.2, 0) is 0 Å². The van der Waals surface area contributed by atoms with Crippen LogP contribution in [0.4, 0.5) is 0 Å². The Morgan fingerprint density at radius 3 is 2.62 bits per heavy atom. The highest BCUT2D eigenvalue weighted by Gasteiger charge is 2.18. The predicted molar refractivity (Wildman–Crippen MR) is 34.4 cm³/mol. The second-order valence-electron chi connectivity index (χ2n) is 2.06. The Balaban J connectivity index is 1.93. The van der Waals surface area contributed by atoms with Crippen LogP contribution in [0.15, 0.2) is 12.4 Å². The minimum absolute atomic E-state index is 0.777. The summed E-state index contributed by atoms with van der Waals surface area (Å²) in [5.41, 5.74) is 0. The highest BCUT2D eigenvalue weighted by Crippen LogP contribution is 2.17. The van der Waals surface area contributed by atoms with E-state index in [1.807, 2.05) is 19.4 Å². The Hall–Kier alpha value is -0.660. The monoisotopic (exact) mass is 112 g/mol. The third-order valence-electron chi connectivity index (χ3n) is 1.16. The van der Waals surface area contributed by atoms with Gasteiger partial charge in [-0.2, -0.15) is 0 Å². The first-order valence-electron chi connectivity index (χ1n) is 3.02. The van der Waals surface area contributed by atoms with Crippen molar-refractivity contribution in [2.45, 2.75) is 18.9 Å². The molecule has 1 aliphatic carbocycles. The third-order valence-corrected chi connectivity index (χ3v) is 1.16. The molecule has 46 valence electrons. The highest BCUT2D eigenvalue weighted by atomic mass is 14.9. The van der Waals surface area contributed by atoms with Gasteiger partial charge in [0.2, 0.25) is 0 Å². The molecule has 0 aliphatic heterocycles. The molecule has 0 aromatic heterocycles. The summed E-state index contributed by atoms with van der Waals surface area (Å²) in [6.45, 7) is 0. The molecule has 1 fully saturated rings. The van der Waals surface area contributed by atoms with Crippen molar-refractivity contribution in [3.8, 4) is 0 Å². The first-order valence-corrected chi connectivity index (χ1v) is 3.02. The molecule has 8 heavy (non-hydrogen) atoms. The van der Waals surface area contributed by atoms with Gasteiger partial charge in [-0.05, 0) is 12.8 Å². The fraction of sp³-hybridized carbons (Fsp3) is 0.667. The van der Waals surface area contributed by atoms with Crippen molar-refractivity contribution in [1.82, 2.24) is 10.6 Å². The standard InChI is InChI=1S/C6H12N2/c1-7-4-5-8-6-2-3-6/h4-8H,2-3H2,1H3. The second kappa shape index (κ2) is 2.60. The van der Waals surface area contributed by atoms with Crippen LogP contribution < -0.4 is 10.6 Å². The second-order valence-corrected chi connectivity index (χ2v) is 2.06. The molecule has 0 unspecified atom stereocenters. The molecule has 0 aromatic rings. The predicted octanol–water partition coefficient (Wildman–Crippen LogP) is 0.429. The summed E-state index contributed by atoms with van der Waals surface area (Å²) in [6.07, 6.45) is 6.54. The average molecular weight is 112 g/mol. The maximum absolute atomic E-state index is 3.21. The van der Waals surface area contributed by atoms with Gasteiger partial charge in [0.05, 0.1) is 0 Å². The lowest BCUT2D eigenvalue weighted by Crippen LogP contribution is -2.08. The first kappa shape index (κ1) is 5.48. The van der Waals surface area contributed by atoms with Crippen LogP contribution in [0.3, 0.4) is 0 Å².